The highest BCUT2D eigenvalue weighted by Gasteiger charge is 2.16. The van der Waals surface area contributed by atoms with Crippen molar-refractivity contribution in [1.82, 2.24) is 24.7 Å². The van der Waals surface area contributed by atoms with Gasteiger partial charge in [-0.25, -0.2) is 12.9 Å². The van der Waals surface area contributed by atoms with Crippen molar-refractivity contribution in [3.05, 3.63) is 66.6 Å². The summed E-state index contributed by atoms with van der Waals surface area (Å²) in [5.41, 5.74) is 2.93. The Bertz CT molecular complexity index is 1380. The van der Waals surface area contributed by atoms with Gasteiger partial charge in [0.05, 0.1) is 29.8 Å². The normalized spacial score (nSPS) is 11.4. The lowest BCUT2D eigenvalue weighted by Crippen LogP contribution is -2.32. The van der Waals surface area contributed by atoms with Gasteiger partial charge in [0.25, 0.3) is 5.91 Å². The number of aryl methyl sites for hydroxylation is 1. The molecule has 10 nitrogen and oxygen atoms in total. The minimum absolute atomic E-state index is 0.0528. The predicted molar refractivity (Wildman–Crippen MR) is 120 cm³/mol. The van der Waals surface area contributed by atoms with Gasteiger partial charge in [-0.3, -0.25) is 14.2 Å². The average Bonchev–Trinajstić information content (AvgIpc) is 3.39. The zero-order chi connectivity index (χ0) is 22.7. The van der Waals surface area contributed by atoms with Crippen LogP contribution in [-0.2, 0) is 17.1 Å². The Morgan fingerprint density at radius 3 is 2.81 bits per heavy atom. The van der Waals surface area contributed by atoms with Gasteiger partial charge in [-0.1, -0.05) is 12.1 Å². The summed E-state index contributed by atoms with van der Waals surface area (Å²) in [6.45, 7) is -0.0528. The molecule has 32 heavy (non-hydrogen) atoms. The Kier molecular flexibility index (Phi) is 5.82. The minimum Gasteiger partial charge on any atom is -0.497 e. The molecule has 11 heteroatoms. The van der Waals surface area contributed by atoms with Crippen molar-refractivity contribution in [3.8, 4) is 17.0 Å². The number of hydrogen-bond acceptors (Lipinski definition) is 6. The number of ether oxygens (including phenoxy) is 1. The molecule has 0 aliphatic rings. The van der Waals surface area contributed by atoms with Crippen molar-refractivity contribution in [2.75, 3.05) is 24.1 Å². The number of rotatable bonds is 8. The standard InChI is InChI=1S/C21H22N6O4S/c1-26-20(14-19(24-26)15-4-3-5-18(12-15)31-2)21(28)22-9-11-32(29,30)25-16-7-10-27-17(13-16)6-8-23-27/h3-8,10,12-14,25H,9,11H2,1-2H3,(H,22,28). The molecule has 3 heterocycles. The third-order valence-electron chi connectivity index (χ3n) is 4.81. The van der Waals surface area contributed by atoms with Gasteiger partial charge in [-0.05, 0) is 36.4 Å². The van der Waals surface area contributed by atoms with Crippen molar-refractivity contribution >= 4 is 27.1 Å². The third kappa shape index (κ3) is 4.72. The summed E-state index contributed by atoms with van der Waals surface area (Å²) < 4.78 is 35.6. The summed E-state index contributed by atoms with van der Waals surface area (Å²) in [5, 5.41) is 11.1. The van der Waals surface area contributed by atoms with E-state index in [0.717, 1.165) is 11.1 Å². The molecule has 1 amide bonds. The fourth-order valence-electron chi connectivity index (χ4n) is 3.21. The number of nitrogens with one attached hydrogen (secondary N) is 2. The van der Waals surface area contributed by atoms with Crippen LogP contribution in [0.15, 0.2) is 60.9 Å². The average molecular weight is 455 g/mol. The zero-order valence-corrected chi connectivity index (χ0v) is 18.3. The number of aromatic nitrogens is 4. The smallest absolute Gasteiger partial charge is 0.269 e. The van der Waals surface area contributed by atoms with E-state index < -0.39 is 15.9 Å². The highest BCUT2D eigenvalue weighted by Crippen LogP contribution is 2.23. The van der Waals surface area contributed by atoms with Crippen LogP contribution in [0.2, 0.25) is 0 Å². The predicted octanol–water partition coefficient (Wildman–Crippen LogP) is 1.92. The van der Waals surface area contributed by atoms with Crippen molar-refractivity contribution in [3.63, 3.8) is 0 Å². The molecule has 0 fully saturated rings. The molecule has 0 unspecified atom stereocenters. The second kappa shape index (κ2) is 8.71. The zero-order valence-electron chi connectivity index (χ0n) is 17.5. The second-order valence-corrected chi connectivity index (χ2v) is 8.91. The maximum atomic E-state index is 12.6. The van der Waals surface area contributed by atoms with E-state index in [1.54, 1.807) is 55.3 Å². The number of methoxy groups -OCH3 is 1. The molecule has 4 rings (SSSR count). The first-order valence-corrected chi connectivity index (χ1v) is 11.4. The summed E-state index contributed by atoms with van der Waals surface area (Å²) in [5.74, 6) is -0.00156. The number of pyridine rings is 1. The van der Waals surface area contributed by atoms with Gasteiger partial charge in [0, 0.05) is 31.5 Å². The number of carbonyl (C=O) groups excluding carboxylic acids is 1. The largest absolute Gasteiger partial charge is 0.497 e. The van der Waals surface area contributed by atoms with Gasteiger partial charge >= 0.3 is 0 Å². The molecular weight excluding hydrogens is 432 g/mol. The molecule has 0 saturated carbocycles. The molecule has 0 aliphatic heterocycles. The lowest BCUT2D eigenvalue weighted by molar-refractivity contribution is 0.0946. The van der Waals surface area contributed by atoms with Gasteiger partial charge in [-0.15, -0.1) is 0 Å². The van der Waals surface area contributed by atoms with Crippen LogP contribution in [0.1, 0.15) is 10.5 Å². The number of amides is 1. The summed E-state index contributed by atoms with van der Waals surface area (Å²) in [6, 6.07) is 14.1. The highest BCUT2D eigenvalue weighted by atomic mass is 32.2. The molecule has 1 aromatic carbocycles. The van der Waals surface area contributed by atoms with Crippen molar-refractivity contribution in [2.24, 2.45) is 7.05 Å². The molecule has 2 N–H and O–H groups in total. The first-order chi connectivity index (χ1) is 15.3. The van der Waals surface area contributed by atoms with Crippen LogP contribution < -0.4 is 14.8 Å². The molecule has 166 valence electrons. The van der Waals surface area contributed by atoms with Crippen LogP contribution in [0, 0.1) is 0 Å². The fraction of sp³-hybridized carbons (Fsp3) is 0.190. The number of carbonyl (C=O) groups is 1. The lowest BCUT2D eigenvalue weighted by Gasteiger charge is -2.09. The quantitative estimate of drug-likeness (QED) is 0.420. The summed E-state index contributed by atoms with van der Waals surface area (Å²) >= 11 is 0. The van der Waals surface area contributed by atoms with E-state index in [9.17, 15) is 13.2 Å². The first kappa shape index (κ1) is 21.4. The van der Waals surface area contributed by atoms with Gasteiger partial charge in [-0.2, -0.15) is 10.2 Å². The first-order valence-electron chi connectivity index (χ1n) is 9.75. The lowest BCUT2D eigenvalue weighted by atomic mass is 10.1. The molecule has 0 radical (unpaired) electrons. The number of anilines is 1. The van der Waals surface area contributed by atoms with Crippen LogP contribution in [0.4, 0.5) is 5.69 Å². The SMILES string of the molecule is COc1cccc(-c2cc(C(=O)NCCS(=O)(=O)Nc3ccn4nccc4c3)n(C)n2)c1. The number of nitrogens with zero attached hydrogens (tertiary/aromatic N) is 4. The topological polar surface area (TPSA) is 120 Å². The van der Waals surface area contributed by atoms with Crippen LogP contribution in [-0.4, -0.2) is 53.1 Å². The van der Waals surface area contributed by atoms with Gasteiger partial charge in [0.2, 0.25) is 10.0 Å². The van der Waals surface area contributed by atoms with Crippen molar-refractivity contribution in [1.29, 1.82) is 0 Å². The number of hydrogen-bond donors (Lipinski definition) is 2. The monoisotopic (exact) mass is 454 g/mol. The van der Waals surface area contributed by atoms with Crippen LogP contribution in [0.3, 0.4) is 0 Å². The van der Waals surface area contributed by atoms with E-state index >= 15 is 0 Å². The number of fused-ring (bicyclic) bond motifs is 1. The molecule has 0 spiro atoms. The van der Waals surface area contributed by atoms with E-state index in [-0.39, 0.29) is 12.3 Å². The van der Waals surface area contributed by atoms with Gasteiger partial charge < -0.3 is 10.1 Å². The number of benzene rings is 1. The minimum atomic E-state index is -3.65. The second-order valence-electron chi connectivity index (χ2n) is 7.06. The molecule has 0 atom stereocenters. The van der Waals surface area contributed by atoms with Gasteiger partial charge in [0.1, 0.15) is 11.4 Å². The molecule has 0 bridgehead atoms. The van der Waals surface area contributed by atoms with E-state index in [1.165, 1.54) is 4.68 Å². The Labute approximate surface area is 184 Å². The molecule has 4 aromatic rings. The highest BCUT2D eigenvalue weighted by molar-refractivity contribution is 7.92. The van der Waals surface area contributed by atoms with E-state index in [4.69, 9.17) is 4.74 Å². The fourth-order valence-corrected chi connectivity index (χ4v) is 4.17. The molecule has 3 aromatic heterocycles. The van der Waals surface area contributed by atoms with Crippen LogP contribution in [0.5, 0.6) is 5.75 Å². The van der Waals surface area contributed by atoms with Gasteiger partial charge in [0.15, 0.2) is 0 Å². The third-order valence-corrected chi connectivity index (χ3v) is 6.10. The Morgan fingerprint density at radius 2 is 2.00 bits per heavy atom. The molecule has 0 saturated heterocycles. The number of sulfonamides is 1. The molecule has 0 aliphatic carbocycles. The van der Waals surface area contributed by atoms with Crippen molar-refractivity contribution in [2.45, 2.75) is 0 Å². The Morgan fingerprint density at radius 1 is 1.16 bits per heavy atom. The van der Waals surface area contributed by atoms with Crippen LogP contribution in [0.25, 0.3) is 16.8 Å². The maximum absolute atomic E-state index is 12.6. The van der Waals surface area contributed by atoms with E-state index in [0.29, 0.717) is 22.8 Å². The van der Waals surface area contributed by atoms with Crippen molar-refractivity contribution < 1.29 is 17.9 Å². The van der Waals surface area contributed by atoms with Crippen LogP contribution >= 0.6 is 0 Å². The summed E-state index contributed by atoms with van der Waals surface area (Å²) in [6.07, 6.45) is 3.29. The maximum Gasteiger partial charge on any atom is 0.269 e. The Balaban J connectivity index is 1.37. The molecular formula is C21H22N6O4S. The summed E-state index contributed by atoms with van der Waals surface area (Å²) in [4.78, 5) is 12.6. The summed E-state index contributed by atoms with van der Waals surface area (Å²) in [7, 11) is -0.415. The van der Waals surface area contributed by atoms with E-state index in [1.807, 2.05) is 24.3 Å². The van der Waals surface area contributed by atoms with E-state index in [2.05, 4.69) is 20.2 Å². The Hall–Kier alpha value is -3.86.